The highest BCUT2D eigenvalue weighted by Gasteiger charge is 2.20. The van der Waals surface area contributed by atoms with Gasteiger partial charge < -0.3 is 10.2 Å². The number of quaternary nitrogens is 1. The molecular weight excluding hydrogens is 355 g/mol. The Morgan fingerprint density at radius 2 is 1.92 bits per heavy atom. The molecule has 3 nitrogen and oxygen atoms in total. The smallest absolute Gasteiger partial charge is 0.279 e. The van der Waals surface area contributed by atoms with Crippen molar-refractivity contribution in [3.63, 3.8) is 0 Å². The molecule has 1 unspecified atom stereocenters. The van der Waals surface area contributed by atoms with Crippen molar-refractivity contribution in [3.8, 4) is 0 Å². The summed E-state index contributed by atoms with van der Waals surface area (Å²) >= 11 is 12.4. The molecule has 5 heteroatoms. The Morgan fingerprint density at radius 1 is 1.16 bits per heavy atom. The number of halogens is 2. The average molecular weight is 376 g/mol. The Labute approximate surface area is 158 Å². The van der Waals surface area contributed by atoms with Crippen LogP contribution in [-0.4, -0.2) is 25.5 Å². The largest absolute Gasteiger partial charge is 0.324 e. The fraction of sp³-hybridized carbons (Fsp3) is 0.250. The molecule has 1 amide bonds. The van der Waals surface area contributed by atoms with Gasteiger partial charge in [-0.15, -0.1) is 0 Å². The summed E-state index contributed by atoms with van der Waals surface area (Å²) in [4.78, 5) is 13.6. The van der Waals surface area contributed by atoms with Crippen molar-refractivity contribution in [2.24, 2.45) is 0 Å². The molecule has 3 rings (SSSR count). The molecule has 2 N–H and O–H groups in total. The summed E-state index contributed by atoms with van der Waals surface area (Å²) in [5.74, 6) is -0.0686. The van der Waals surface area contributed by atoms with Crippen molar-refractivity contribution < 1.29 is 9.69 Å². The molecule has 0 radical (unpaired) electrons. The fourth-order valence-corrected chi connectivity index (χ4v) is 3.51. The van der Waals surface area contributed by atoms with Crippen molar-refractivity contribution in [2.75, 3.05) is 25.0 Å². The van der Waals surface area contributed by atoms with E-state index in [-0.39, 0.29) is 5.91 Å². The third kappa shape index (κ3) is 4.43. The minimum atomic E-state index is -0.0686. The number of carbonyl (C=O) groups is 1. The first kappa shape index (κ1) is 18.0. The Bertz CT molecular complexity index is 803. The molecule has 0 saturated heterocycles. The van der Waals surface area contributed by atoms with E-state index < -0.39 is 0 Å². The van der Waals surface area contributed by atoms with Crippen LogP contribution in [0.2, 0.25) is 10.0 Å². The van der Waals surface area contributed by atoms with Gasteiger partial charge in [-0.25, -0.2) is 0 Å². The topological polar surface area (TPSA) is 33.5 Å². The lowest BCUT2D eigenvalue weighted by Crippen LogP contribution is -3.13. The summed E-state index contributed by atoms with van der Waals surface area (Å²) in [6, 6.07) is 14.0. The van der Waals surface area contributed by atoms with Crippen LogP contribution in [0, 0.1) is 6.92 Å². The van der Waals surface area contributed by atoms with Crippen molar-refractivity contribution in [2.45, 2.75) is 13.3 Å². The number of amides is 1. The summed E-state index contributed by atoms with van der Waals surface area (Å²) in [6.07, 6.45) is 3.20. The van der Waals surface area contributed by atoms with Gasteiger partial charge in [0, 0.05) is 6.42 Å². The Hall–Kier alpha value is -1.81. The molecule has 2 aromatic carbocycles. The molecule has 0 spiro atoms. The number of rotatable bonds is 4. The number of hydrogen-bond donors (Lipinski definition) is 2. The molecule has 1 atom stereocenters. The van der Waals surface area contributed by atoms with Crippen LogP contribution in [0.3, 0.4) is 0 Å². The predicted molar refractivity (Wildman–Crippen MR) is 104 cm³/mol. The highest BCUT2D eigenvalue weighted by Crippen LogP contribution is 2.32. The quantitative estimate of drug-likeness (QED) is 0.840. The first-order chi connectivity index (χ1) is 12.0. The first-order valence-electron chi connectivity index (χ1n) is 8.37. The van der Waals surface area contributed by atoms with Crippen molar-refractivity contribution >= 4 is 40.4 Å². The van der Waals surface area contributed by atoms with Crippen LogP contribution in [-0.2, 0) is 4.79 Å². The van der Waals surface area contributed by atoms with Gasteiger partial charge in [0.05, 0.1) is 28.8 Å². The van der Waals surface area contributed by atoms with Gasteiger partial charge in [0.2, 0.25) is 0 Å². The van der Waals surface area contributed by atoms with Gasteiger partial charge in [-0.2, -0.15) is 0 Å². The summed E-state index contributed by atoms with van der Waals surface area (Å²) in [6.45, 7) is 4.07. The van der Waals surface area contributed by atoms with E-state index in [1.165, 1.54) is 16.0 Å². The molecule has 1 aliphatic heterocycles. The molecule has 0 saturated carbocycles. The lowest BCUT2D eigenvalue weighted by atomic mass is 10.00. The monoisotopic (exact) mass is 375 g/mol. The van der Waals surface area contributed by atoms with Crippen LogP contribution in [0.25, 0.3) is 5.57 Å². The Morgan fingerprint density at radius 3 is 2.60 bits per heavy atom. The van der Waals surface area contributed by atoms with E-state index in [9.17, 15) is 4.79 Å². The van der Waals surface area contributed by atoms with Crippen LogP contribution in [0.5, 0.6) is 0 Å². The van der Waals surface area contributed by atoms with Crippen LogP contribution in [0.15, 0.2) is 48.5 Å². The molecule has 130 valence electrons. The number of aryl methyl sites for hydroxylation is 1. The van der Waals surface area contributed by atoms with Gasteiger partial charge in [-0.05, 0) is 35.8 Å². The highest BCUT2D eigenvalue weighted by atomic mass is 35.5. The van der Waals surface area contributed by atoms with Crippen LogP contribution in [0.1, 0.15) is 17.5 Å². The zero-order valence-corrected chi connectivity index (χ0v) is 15.6. The zero-order chi connectivity index (χ0) is 17.8. The fourth-order valence-electron chi connectivity index (χ4n) is 3.04. The average Bonchev–Trinajstić information content (AvgIpc) is 2.63. The molecule has 0 aromatic heterocycles. The molecule has 1 aliphatic rings. The SMILES string of the molecule is Cc1ccc(Cl)c(NC(=O)C[NH+]2CC=C(c3ccccc3)CC2)c1Cl. The van der Waals surface area contributed by atoms with Gasteiger partial charge >= 0.3 is 0 Å². The number of carbonyl (C=O) groups excluding carboxylic acids is 1. The van der Waals surface area contributed by atoms with Crippen molar-refractivity contribution in [1.82, 2.24) is 0 Å². The molecule has 0 fully saturated rings. The lowest BCUT2D eigenvalue weighted by molar-refractivity contribution is -0.886. The Kier molecular flexibility index (Phi) is 5.79. The third-order valence-corrected chi connectivity index (χ3v) is 5.29. The molecule has 1 heterocycles. The summed E-state index contributed by atoms with van der Waals surface area (Å²) in [7, 11) is 0. The summed E-state index contributed by atoms with van der Waals surface area (Å²) in [5.41, 5.74) is 4.02. The van der Waals surface area contributed by atoms with Gasteiger partial charge in [0.25, 0.3) is 5.91 Å². The standard InChI is InChI=1S/C20H20Cl2N2O/c1-14-7-8-17(21)20(19(14)22)23-18(25)13-24-11-9-16(10-12-24)15-5-3-2-4-6-15/h2-9H,10-13H2,1H3,(H,23,25)/p+1. The second kappa shape index (κ2) is 8.05. The minimum absolute atomic E-state index is 0.0686. The molecule has 2 aromatic rings. The van der Waals surface area contributed by atoms with Gasteiger partial charge in [-0.1, -0.05) is 59.6 Å². The molecule has 0 bridgehead atoms. The molecule has 0 aliphatic carbocycles. The Balaban J connectivity index is 1.60. The highest BCUT2D eigenvalue weighted by molar-refractivity contribution is 6.40. The maximum atomic E-state index is 12.4. The van der Waals surface area contributed by atoms with E-state index in [4.69, 9.17) is 23.2 Å². The first-order valence-corrected chi connectivity index (χ1v) is 9.12. The number of benzene rings is 2. The van der Waals surface area contributed by atoms with E-state index in [2.05, 4.69) is 35.7 Å². The lowest BCUT2D eigenvalue weighted by Gasteiger charge is -2.23. The van der Waals surface area contributed by atoms with Gasteiger partial charge in [0.1, 0.15) is 0 Å². The molecule has 25 heavy (non-hydrogen) atoms. The minimum Gasteiger partial charge on any atom is -0.324 e. The maximum absolute atomic E-state index is 12.4. The summed E-state index contributed by atoms with van der Waals surface area (Å²) < 4.78 is 0. The van der Waals surface area contributed by atoms with E-state index >= 15 is 0 Å². The van der Waals surface area contributed by atoms with Gasteiger partial charge in [-0.3, -0.25) is 4.79 Å². The number of hydrogen-bond acceptors (Lipinski definition) is 1. The van der Waals surface area contributed by atoms with Crippen LogP contribution < -0.4 is 10.2 Å². The summed E-state index contributed by atoms with van der Waals surface area (Å²) in [5, 5.41) is 3.83. The van der Waals surface area contributed by atoms with E-state index in [1.807, 2.05) is 19.1 Å². The number of nitrogens with one attached hydrogen (secondary N) is 2. The van der Waals surface area contributed by atoms with E-state index in [0.29, 0.717) is 22.3 Å². The van der Waals surface area contributed by atoms with Crippen LogP contribution >= 0.6 is 23.2 Å². The second-order valence-electron chi connectivity index (χ2n) is 6.33. The number of anilines is 1. The van der Waals surface area contributed by atoms with Crippen molar-refractivity contribution in [1.29, 1.82) is 0 Å². The van der Waals surface area contributed by atoms with Crippen LogP contribution in [0.4, 0.5) is 5.69 Å². The molecular formula is C20H21Cl2N2O+. The van der Waals surface area contributed by atoms with E-state index in [0.717, 1.165) is 25.1 Å². The van der Waals surface area contributed by atoms with Gasteiger partial charge in [0.15, 0.2) is 6.54 Å². The predicted octanol–water partition coefficient (Wildman–Crippen LogP) is 3.61. The van der Waals surface area contributed by atoms with Crippen molar-refractivity contribution in [3.05, 3.63) is 69.7 Å². The maximum Gasteiger partial charge on any atom is 0.279 e. The zero-order valence-electron chi connectivity index (χ0n) is 14.1. The third-order valence-electron chi connectivity index (χ3n) is 4.49. The second-order valence-corrected chi connectivity index (χ2v) is 7.11. The van der Waals surface area contributed by atoms with E-state index in [1.54, 1.807) is 6.07 Å². The normalized spacial score (nSPS) is 17.1.